The summed E-state index contributed by atoms with van der Waals surface area (Å²) in [7, 11) is 0. The highest BCUT2D eigenvalue weighted by atomic mass is 35.5. The van der Waals surface area contributed by atoms with Crippen LogP contribution in [-0.2, 0) is 6.54 Å². The fourth-order valence-electron chi connectivity index (χ4n) is 3.08. The van der Waals surface area contributed by atoms with Crippen LogP contribution in [0.15, 0.2) is 72.8 Å². The van der Waals surface area contributed by atoms with Crippen molar-refractivity contribution in [1.29, 1.82) is 0 Å². The Kier molecular flexibility index (Phi) is 8.55. The fraction of sp³-hybridized carbons (Fsp3) is 0.273. The zero-order chi connectivity index (χ0) is 18.2. The van der Waals surface area contributed by atoms with Gasteiger partial charge in [-0.3, -0.25) is 4.90 Å². The molecule has 3 aromatic carbocycles. The van der Waals surface area contributed by atoms with E-state index in [4.69, 9.17) is 4.74 Å². The van der Waals surface area contributed by atoms with Crippen molar-refractivity contribution in [1.82, 2.24) is 4.90 Å². The zero-order valence-corrected chi connectivity index (χ0v) is 16.0. The Labute approximate surface area is 166 Å². The first-order valence-corrected chi connectivity index (χ1v) is 8.92. The van der Waals surface area contributed by atoms with E-state index in [0.29, 0.717) is 19.6 Å². The van der Waals surface area contributed by atoms with Crippen molar-refractivity contribution in [3.63, 3.8) is 0 Å². The quantitative estimate of drug-likeness (QED) is 0.590. The largest absolute Gasteiger partial charge is 0.490 e. The van der Waals surface area contributed by atoms with Crippen molar-refractivity contribution in [2.75, 3.05) is 26.3 Å². The Bertz CT molecular complexity index is 808. The van der Waals surface area contributed by atoms with Gasteiger partial charge in [0.15, 0.2) is 0 Å². The molecule has 0 saturated heterocycles. The summed E-state index contributed by atoms with van der Waals surface area (Å²) in [6, 6.07) is 24.0. The summed E-state index contributed by atoms with van der Waals surface area (Å²) < 4.78 is 5.87. The molecule has 2 N–H and O–H groups in total. The van der Waals surface area contributed by atoms with Crippen LogP contribution in [0.2, 0.25) is 0 Å². The first kappa shape index (κ1) is 21.2. The van der Waals surface area contributed by atoms with Gasteiger partial charge in [0.05, 0.1) is 6.61 Å². The molecule has 0 heterocycles. The first-order chi connectivity index (χ1) is 12.8. The summed E-state index contributed by atoms with van der Waals surface area (Å²) in [5, 5.41) is 21.9. The van der Waals surface area contributed by atoms with Crippen molar-refractivity contribution in [3.05, 3.63) is 78.4 Å². The molecular formula is C22H26ClNO3. The van der Waals surface area contributed by atoms with Crippen LogP contribution in [0.4, 0.5) is 0 Å². The molecule has 0 amide bonds. The predicted molar refractivity (Wildman–Crippen MR) is 112 cm³/mol. The van der Waals surface area contributed by atoms with Gasteiger partial charge in [0, 0.05) is 25.0 Å². The third-order valence-corrected chi connectivity index (χ3v) is 4.32. The number of fused-ring (bicyclic) bond motifs is 1. The number of hydrogen-bond donors (Lipinski definition) is 2. The Balaban J connectivity index is 0.00000261. The van der Waals surface area contributed by atoms with Crippen LogP contribution in [0.5, 0.6) is 5.75 Å². The highest BCUT2D eigenvalue weighted by molar-refractivity contribution is 5.88. The lowest BCUT2D eigenvalue weighted by Crippen LogP contribution is -2.37. The highest BCUT2D eigenvalue weighted by Crippen LogP contribution is 2.25. The Morgan fingerprint density at radius 1 is 0.889 bits per heavy atom. The second-order valence-corrected chi connectivity index (χ2v) is 6.39. The number of benzene rings is 3. The van der Waals surface area contributed by atoms with Gasteiger partial charge in [-0.25, -0.2) is 0 Å². The van der Waals surface area contributed by atoms with Crippen LogP contribution < -0.4 is 4.74 Å². The minimum atomic E-state index is -0.635. The summed E-state index contributed by atoms with van der Waals surface area (Å²) in [5.41, 5.74) is 1.16. The van der Waals surface area contributed by atoms with Gasteiger partial charge < -0.3 is 14.9 Å². The molecular weight excluding hydrogens is 362 g/mol. The van der Waals surface area contributed by atoms with Crippen LogP contribution in [0.1, 0.15) is 5.56 Å². The molecule has 0 saturated carbocycles. The Morgan fingerprint density at radius 3 is 2.37 bits per heavy atom. The minimum Gasteiger partial charge on any atom is -0.490 e. The third-order valence-electron chi connectivity index (χ3n) is 4.32. The smallest absolute Gasteiger partial charge is 0.127 e. The lowest BCUT2D eigenvalue weighted by Gasteiger charge is -2.24. The van der Waals surface area contributed by atoms with E-state index in [1.807, 2.05) is 77.7 Å². The SMILES string of the molecule is Cl.OCCN(Cc1ccccc1)CC(O)COc1cccc2ccccc12. The molecule has 0 radical (unpaired) electrons. The maximum Gasteiger partial charge on any atom is 0.127 e. The van der Waals surface area contributed by atoms with Crippen LogP contribution in [0.25, 0.3) is 10.8 Å². The van der Waals surface area contributed by atoms with Crippen LogP contribution in [0, 0.1) is 0 Å². The maximum absolute atomic E-state index is 10.4. The van der Waals surface area contributed by atoms with Gasteiger partial charge in [-0.05, 0) is 17.0 Å². The molecule has 3 aromatic rings. The monoisotopic (exact) mass is 387 g/mol. The van der Waals surface area contributed by atoms with Crippen LogP contribution >= 0.6 is 12.4 Å². The molecule has 5 heteroatoms. The molecule has 1 unspecified atom stereocenters. The van der Waals surface area contributed by atoms with Gasteiger partial charge in [0.2, 0.25) is 0 Å². The summed E-state index contributed by atoms with van der Waals surface area (Å²) >= 11 is 0. The maximum atomic E-state index is 10.4. The number of halogens is 1. The second kappa shape index (κ2) is 10.9. The van der Waals surface area contributed by atoms with E-state index in [9.17, 15) is 10.2 Å². The third kappa shape index (κ3) is 6.22. The van der Waals surface area contributed by atoms with E-state index >= 15 is 0 Å². The Hall–Kier alpha value is -2.11. The second-order valence-electron chi connectivity index (χ2n) is 6.39. The fourth-order valence-corrected chi connectivity index (χ4v) is 3.08. The Morgan fingerprint density at radius 2 is 1.59 bits per heavy atom. The highest BCUT2D eigenvalue weighted by Gasteiger charge is 2.13. The van der Waals surface area contributed by atoms with Gasteiger partial charge in [0.1, 0.15) is 18.5 Å². The molecule has 0 aliphatic heterocycles. The number of aliphatic hydroxyl groups is 2. The van der Waals surface area contributed by atoms with Gasteiger partial charge in [-0.1, -0.05) is 66.7 Å². The average Bonchev–Trinajstić information content (AvgIpc) is 2.67. The number of rotatable bonds is 9. The predicted octanol–water partition coefficient (Wildman–Crippen LogP) is 3.50. The average molecular weight is 388 g/mol. The molecule has 4 nitrogen and oxygen atoms in total. The molecule has 0 bridgehead atoms. The molecule has 144 valence electrons. The molecule has 0 aromatic heterocycles. The standard InChI is InChI=1S/C22H25NO3.ClH/c24-14-13-23(15-18-7-2-1-3-8-18)16-20(25)17-26-22-12-6-10-19-9-4-5-11-21(19)22;/h1-12,20,24-25H,13-17H2;1H. The molecule has 3 rings (SSSR count). The number of nitrogens with zero attached hydrogens (tertiary/aromatic N) is 1. The lowest BCUT2D eigenvalue weighted by atomic mass is 10.1. The van der Waals surface area contributed by atoms with Crippen molar-refractivity contribution in [2.24, 2.45) is 0 Å². The minimum absolute atomic E-state index is 0. The van der Waals surface area contributed by atoms with E-state index < -0.39 is 6.10 Å². The summed E-state index contributed by atoms with van der Waals surface area (Å²) in [4.78, 5) is 2.03. The van der Waals surface area contributed by atoms with E-state index in [1.54, 1.807) is 0 Å². The molecule has 0 aliphatic carbocycles. The topological polar surface area (TPSA) is 52.9 Å². The number of aliphatic hydroxyl groups excluding tert-OH is 2. The van der Waals surface area contributed by atoms with Crippen LogP contribution in [-0.4, -0.2) is 47.5 Å². The first-order valence-electron chi connectivity index (χ1n) is 8.92. The molecule has 27 heavy (non-hydrogen) atoms. The van der Waals surface area contributed by atoms with Crippen molar-refractivity contribution in [3.8, 4) is 5.75 Å². The van der Waals surface area contributed by atoms with Crippen molar-refractivity contribution in [2.45, 2.75) is 12.6 Å². The van der Waals surface area contributed by atoms with Gasteiger partial charge in [-0.2, -0.15) is 0 Å². The summed E-state index contributed by atoms with van der Waals surface area (Å²) in [6.45, 7) is 1.92. The zero-order valence-electron chi connectivity index (χ0n) is 15.2. The van der Waals surface area contributed by atoms with E-state index in [2.05, 4.69) is 0 Å². The molecule has 0 spiro atoms. The van der Waals surface area contributed by atoms with E-state index in [1.165, 1.54) is 0 Å². The van der Waals surface area contributed by atoms with E-state index in [0.717, 1.165) is 22.1 Å². The normalized spacial score (nSPS) is 12.0. The lowest BCUT2D eigenvalue weighted by molar-refractivity contribution is 0.0595. The van der Waals surface area contributed by atoms with Crippen molar-refractivity contribution < 1.29 is 14.9 Å². The molecule has 0 fully saturated rings. The van der Waals surface area contributed by atoms with Crippen molar-refractivity contribution >= 4 is 23.2 Å². The summed E-state index contributed by atoms with van der Waals surface area (Å²) in [5.74, 6) is 0.777. The van der Waals surface area contributed by atoms with E-state index in [-0.39, 0.29) is 25.6 Å². The van der Waals surface area contributed by atoms with Gasteiger partial charge in [0.25, 0.3) is 0 Å². The summed E-state index contributed by atoms with van der Waals surface area (Å²) in [6.07, 6.45) is -0.635. The number of ether oxygens (including phenoxy) is 1. The number of hydrogen-bond acceptors (Lipinski definition) is 4. The molecule has 1 atom stereocenters. The van der Waals surface area contributed by atoms with Gasteiger partial charge in [-0.15, -0.1) is 12.4 Å². The molecule has 0 aliphatic rings. The van der Waals surface area contributed by atoms with Gasteiger partial charge >= 0.3 is 0 Å². The van der Waals surface area contributed by atoms with Crippen LogP contribution in [0.3, 0.4) is 0 Å².